The Balaban J connectivity index is 1.66. The minimum Gasteiger partial charge on any atom is -0.488 e. The normalized spacial score (nSPS) is 14.5. The molecule has 5 heteroatoms. The van der Waals surface area contributed by atoms with E-state index in [1.807, 2.05) is 12.1 Å². The first-order chi connectivity index (χ1) is 9.70. The molecule has 0 unspecified atom stereocenters. The van der Waals surface area contributed by atoms with Crippen LogP contribution in [-0.4, -0.2) is 6.04 Å². The molecule has 1 fully saturated rings. The number of hydrogen-bond donors (Lipinski definition) is 1. The van der Waals surface area contributed by atoms with E-state index in [1.165, 1.54) is 36.3 Å². The minimum absolute atomic E-state index is 0.232. The van der Waals surface area contributed by atoms with Crippen LogP contribution in [0.5, 0.6) is 5.75 Å². The topological polar surface area (TPSA) is 21.3 Å². The van der Waals surface area contributed by atoms with Gasteiger partial charge in [-0.25, -0.2) is 4.39 Å². The summed E-state index contributed by atoms with van der Waals surface area (Å²) < 4.78 is 19.9. The lowest BCUT2D eigenvalue weighted by molar-refractivity contribution is 0.305. The van der Waals surface area contributed by atoms with Crippen LogP contribution in [-0.2, 0) is 13.2 Å². The molecule has 1 aromatic carbocycles. The maximum Gasteiger partial charge on any atom is 0.124 e. The van der Waals surface area contributed by atoms with E-state index in [0.717, 1.165) is 20.5 Å². The molecule has 1 aliphatic carbocycles. The Morgan fingerprint density at radius 1 is 1.30 bits per heavy atom. The zero-order valence-electron chi connectivity index (χ0n) is 10.9. The fraction of sp³-hybridized carbons (Fsp3) is 0.333. The lowest BCUT2D eigenvalue weighted by Crippen LogP contribution is -2.16. The summed E-state index contributed by atoms with van der Waals surface area (Å²) in [4.78, 5) is 1.06. The van der Waals surface area contributed by atoms with Crippen LogP contribution >= 0.6 is 22.9 Å². The minimum atomic E-state index is -0.232. The van der Waals surface area contributed by atoms with Gasteiger partial charge in [0.15, 0.2) is 0 Å². The fourth-order valence-corrected chi connectivity index (χ4v) is 2.95. The van der Waals surface area contributed by atoms with E-state index in [2.05, 4.69) is 5.32 Å². The summed E-state index contributed by atoms with van der Waals surface area (Å²) in [7, 11) is 0. The van der Waals surface area contributed by atoms with Gasteiger partial charge in [0, 0.05) is 23.0 Å². The van der Waals surface area contributed by atoms with Crippen molar-refractivity contribution in [3.8, 4) is 5.75 Å². The van der Waals surface area contributed by atoms with Gasteiger partial charge >= 0.3 is 0 Å². The number of halogens is 2. The van der Waals surface area contributed by atoms with Crippen molar-refractivity contribution >= 4 is 22.9 Å². The van der Waals surface area contributed by atoms with Crippen molar-refractivity contribution in [3.63, 3.8) is 0 Å². The van der Waals surface area contributed by atoms with Crippen LogP contribution in [0.2, 0.25) is 4.34 Å². The van der Waals surface area contributed by atoms with Crippen LogP contribution in [0.4, 0.5) is 4.39 Å². The smallest absolute Gasteiger partial charge is 0.124 e. The quantitative estimate of drug-likeness (QED) is 0.855. The molecule has 0 radical (unpaired) electrons. The van der Waals surface area contributed by atoms with Crippen molar-refractivity contribution in [1.82, 2.24) is 5.32 Å². The first kappa shape index (κ1) is 13.9. The molecule has 1 aliphatic rings. The molecule has 0 bridgehead atoms. The van der Waals surface area contributed by atoms with Gasteiger partial charge in [0.2, 0.25) is 0 Å². The van der Waals surface area contributed by atoms with Crippen molar-refractivity contribution in [2.24, 2.45) is 0 Å². The third-order valence-electron chi connectivity index (χ3n) is 3.18. The SMILES string of the molecule is Fc1ccc(OCc2ccc(Cl)s2)c(CNC2CC2)c1. The Kier molecular flexibility index (Phi) is 4.24. The van der Waals surface area contributed by atoms with E-state index in [4.69, 9.17) is 16.3 Å². The zero-order chi connectivity index (χ0) is 13.9. The number of nitrogens with one attached hydrogen (secondary N) is 1. The average Bonchev–Trinajstić information content (AvgIpc) is 3.17. The van der Waals surface area contributed by atoms with E-state index in [-0.39, 0.29) is 5.82 Å². The van der Waals surface area contributed by atoms with Crippen LogP contribution in [0, 0.1) is 5.82 Å². The second kappa shape index (κ2) is 6.12. The van der Waals surface area contributed by atoms with Crippen LogP contribution < -0.4 is 10.1 Å². The molecule has 1 saturated carbocycles. The maximum atomic E-state index is 13.4. The maximum absolute atomic E-state index is 13.4. The van der Waals surface area contributed by atoms with Crippen molar-refractivity contribution in [2.45, 2.75) is 32.0 Å². The summed E-state index contributed by atoms with van der Waals surface area (Å²) in [6, 6.07) is 9.03. The Morgan fingerprint density at radius 2 is 2.15 bits per heavy atom. The Bertz CT molecular complexity index is 597. The molecule has 0 saturated heterocycles. The van der Waals surface area contributed by atoms with E-state index in [1.54, 1.807) is 6.07 Å². The summed E-state index contributed by atoms with van der Waals surface area (Å²) in [5.74, 6) is 0.494. The lowest BCUT2D eigenvalue weighted by Gasteiger charge is -2.11. The molecule has 106 valence electrons. The van der Waals surface area contributed by atoms with Gasteiger partial charge < -0.3 is 10.1 Å². The lowest BCUT2D eigenvalue weighted by atomic mass is 10.2. The van der Waals surface area contributed by atoms with Gasteiger partial charge in [-0.15, -0.1) is 11.3 Å². The average molecular weight is 312 g/mol. The van der Waals surface area contributed by atoms with Crippen molar-refractivity contribution in [1.29, 1.82) is 0 Å². The van der Waals surface area contributed by atoms with Gasteiger partial charge in [-0.05, 0) is 43.2 Å². The number of benzene rings is 1. The van der Waals surface area contributed by atoms with Gasteiger partial charge in [0.05, 0.1) is 4.34 Å². The van der Waals surface area contributed by atoms with Gasteiger partial charge in [0.1, 0.15) is 18.2 Å². The molecule has 0 spiro atoms. The number of rotatable bonds is 6. The Morgan fingerprint density at radius 3 is 2.85 bits per heavy atom. The summed E-state index contributed by atoms with van der Waals surface area (Å²) >= 11 is 7.38. The van der Waals surface area contributed by atoms with Crippen molar-refractivity contribution in [3.05, 3.63) is 50.9 Å². The monoisotopic (exact) mass is 311 g/mol. The molecule has 1 N–H and O–H groups in total. The van der Waals surface area contributed by atoms with Crippen LogP contribution in [0.1, 0.15) is 23.3 Å². The first-order valence-electron chi connectivity index (χ1n) is 6.59. The number of thiophene rings is 1. The van der Waals surface area contributed by atoms with E-state index in [9.17, 15) is 4.39 Å². The summed E-state index contributed by atoms with van der Waals surface area (Å²) in [5.41, 5.74) is 0.861. The van der Waals surface area contributed by atoms with Crippen molar-refractivity contribution < 1.29 is 9.13 Å². The van der Waals surface area contributed by atoms with Gasteiger partial charge in [0.25, 0.3) is 0 Å². The molecule has 1 heterocycles. The molecule has 2 aromatic rings. The number of ether oxygens (including phenoxy) is 1. The Labute approximate surface area is 126 Å². The Hall–Kier alpha value is -1.10. The largest absolute Gasteiger partial charge is 0.488 e. The van der Waals surface area contributed by atoms with Crippen molar-refractivity contribution in [2.75, 3.05) is 0 Å². The van der Waals surface area contributed by atoms with E-state index >= 15 is 0 Å². The van der Waals surface area contributed by atoms with Crippen LogP contribution in [0.15, 0.2) is 30.3 Å². The molecular formula is C15H15ClFNOS. The highest BCUT2D eigenvalue weighted by molar-refractivity contribution is 7.16. The summed E-state index contributed by atoms with van der Waals surface area (Å²) in [6.45, 7) is 1.10. The molecule has 20 heavy (non-hydrogen) atoms. The third kappa shape index (κ3) is 3.72. The highest BCUT2D eigenvalue weighted by atomic mass is 35.5. The zero-order valence-corrected chi connectivity index (χ0v) is 12.4. The van der Waals surface area contributed by atoms with Crippen LogP contribution in [0.3, 0.4) is 0 Å². The molecule has 0 atom stereocenters. The molecule has 2 nitrogen and oxygen atoms in total. The highest BCUT2D eigenvalue weighted by Gasteiger charge is 2.20. The van der Waals surface area contributed by atoms with Gasteiger partial charge in [-0.2, -0.15) is 0 Å². The standard InChI is InChI=1S/C15H15ClFNOS/c16-15-6-4-13(20-15)9-19-14-5-1-11(17)7-10(14)8-18-12-2-3-12/h1,4-7,12,18H,2-3,8-9H2. The van der Waals surface area contributed by atoms with E-state index < -0.39 is 0 Å². The molecular weight excluding hydrogens is 297 g/mol. The molecule has 0 amide bonds. The molecule has 0 aliphatic heterocycles. The summed E-state index contributed by atoms with van der Waals surface area (Å²) in [6.07, 6.45) is 2.42. The number of hydrogen-bond acceptors (Lipinski definition) is 3. The summed E-state index contributed by atoms with van der Waals surface area (Å²) in [5, 5.41) is 3.38. The molecule has 3 rings (SSSR count). The van der Waals surface area contributed by atoms with Gasteiger partial charge in [-0.3, -0.25) is 0 Å². The predicted molar refractivity (Wildman–Crippen MR) is 79.9 cm³/mol. The van der Waals surface area contributed by atoms with Crippen LogP contribution in [0.25, 0.3) is 0 Å². The highest BCUT2D eigenvalue weighted by Crippen LogP contribution is 2.26. The second-order valence-electron chi connectivity index (χ2n) is 4.90. The predicted octanol–water partition coefficient (Wildman–Crippen LogP) is 4.37. The first-order valence-corrected chi connectivity index (χ1v) is 7.79. The fourth-order valence-electron chi connectivity index (χ4n) is 1.95. The third-order valence-corrected chi connectivity index (χ3v) is 4.38. The molecule has 1 aromatic heterocycles. The second-order valence-corrected chi connectivity index (χ2v) is 6.70. The van der Waals surface area contributed by atoms with E-state index in [0.29, 0.717) is 19.2 Å². The van der Waals surface area contributed by atoms with Gasteiger partial charge in [-0.1, -0.05) is 11.6 Å².